The van der Waals surface area contributed by atoms with Gasteiger partial charge in [-0.2, -0.15) is 5.10 Å². The fraction of sp³-hybridized carbons (Fsp3) is 0.500. The topological polar surface area (TPSA) is 72.9 Å². The highest BCUT2D eigenvalue weighted by molar-refractivity contribution is 7.80. The van der Waals surface area contributed by atoms with E-state index in [0.717, 1.165) is 0 Å². The van der Waals surface area contributed by atoms with Crippen LogP contribution in [0.4, 0.5) is 0 Å². The van der Waals surface area contributed by atoms with Crippen molar-refractivity contribution in [2.45, 2.75) is 25.8 Å². The van der Waals surface area contributed by atoms with Crippen LogP contribution in [0.15, 0.2) is 12.4 Å². The molecule has 1 unspecified atom stereocenters. The molecule has 0 spiro atoms. The van der Waals surface area contributed by atoms with Gasteiger partial charge >= 0.3 is 0 Å². The third kappa shape index (κ3) is 2.57. The van der Waals surface area contributed by atoms with Gasteiger partial charge in [-0.15, -0.1) is 0 Å². The lowest BCUT2D eigenvalue weighted by atomic mass is 9.98. The Morgan fingerprint density at radius 3 is 2.75 bits per heavy atom. The minimum atomic E-state index is -0.651. The standard InChI is InChI=1S/C10H16N4OS/c1-4-10(2,9(11)16)13-8(15)7-5-12-14(3)6-7/h5-6H,4H2,1-3H3,(H2,11,16)(H,13,15). The van der Waals surface area contributed by atoms with Gasteiger partial charge in [0.15, 0.2) is 0 Å². The normalized spacial score (nSPS) is 14.2. The molecule has 0 aliphatic heterocycles. The molecule has 16 heavy (non-hydrogen) atoms. The van der Waals surface area contributed by atoms with Crippen molar-refractivity contribution >= 4 is 23.1 Å². The van der Waals surface area contributed by atoms with E-state index < -0.39 is 5.54 Å². The summed E-state index contributed by atoms with van der Waals surface area (Å²) in [6.07, 6.45) is 3.80. The number of nitrogens with two attached hydrogens (primary N) is 1. The van der Waals surface area contributed by atoms with Crippen molar-refractivity contribution in [3.63, 3.8) is 0 Å². The van der Waals surface area contributed by atoms with Crippen LogP contribution in [0.2, 0.25) is 0 Å². The van der Waals surface area contributed by atoms with Crippen LogP contribution in [0.5, 0.6) is 0 Å². The smallest absolute Gasteiger partial charge is 0.255 e. The lowest BCUT2D eigenvalue weighted by molar-refractivity contribution is 0.0926. The maximum Gasteiger partial charge on any atom is 0.255 e. The molecule has 0 fully saturated rings. The highest BCUT2D eigenvalue weighted by Gasteiger charge is 2.28. The van der Waals surface area contributed by atoms with Crippen molar-refractivity contribution in [2.24, 2.45) is 12.8 Å². The number of hydrogen-bond donors (Lipinski definition) is 2. The third-order valence-electron chi connectivity index (χ3n) is 2.61. The summed E-state index contributed by atoms with van der Waals surface area (Å²) in [5.41, 5.74) is 5.46. The second kappa shape index (κ2) is 4.61. The van der Waals surface area contributed by atoms with Gasteiger partial charge in [-0.1, -0.05) is 19.1 Å². The summed E-state index contributed by atoms with van der Waals surface area (Å²) in [7, 11) is 1.75. The lowest BCUT2D eigenvalue weighted by Crippen LogP contribution is -2.54. The molecule has 5 nitrogen and oxygen atoms in total. The molecule has 6 heteroatoms. The van der Waals surface area contributed by atoms with Crippen LogP contribution in [-0.4, -0.2) is 26.2 Å². The monoisotopic (exact) mass is 240 g/mol. The van der Waals surface area contributed by atoms with Crippen molar-refractivity contribution in [3.05, 3.63) is 18.0 Å². The maximum absolute atomic E-state index is 11.9. The predicted octanol–water partition coefficient (Wildman–Crippen LogP) is 0.605. The Bertz CT molecular complexity index is 415. The lowest BCUT2D eigenvalue weighted by Gasteiger charge is -2.27. The van der Waals surface area contributed by atoms with Crippen molar-refractivity contribution < 1.29 is 4.79 Å². The first kappa shape index (κ1) is 12.6. The second-order valence-electron chi connectivity index (χ2n) is 3.91. The number of carbonyl (C=O) groups is 1. The summed E-state index contributed by atoms with van der Waals surface area (Å²) in [5.74, 6) is -0.217. The Morgan fingerprint density at radius 1 is 1.75 bits per heavy atom. The first-order valence-electron chi connectivity index (χ1n) is 5.00. The number of carbonyl (C=O) groups excluding carboxylic acids is 1. The van der Waals surface area contributed by atoms with E-state index in [-0.39, 0.29) is 10.9 Å². The number of aromatic nitrogens is 2. The zero-order valence-electron chi connectivity index (χ0n) is 9.65. The van der Waals surface area contributed by atoms with Crippen LogP contribution >= 0.6 is 12.2 Å². The molecule has 1 heterocycles. The van der Waals surface area contributed by atoms with Gasteiger partial charge in [0.2, 0.25) is 0 Å². The highest BCUT2D eigenvalue weighted by atomic mass is 32.1. The number of nitrogens with zero attached hydrogens (tertiary/aromatic N) is 2. The summed E-state index contributed by atoms with van der Waals surface area (Å²) >= 11 is 4.95. The molecule has 0 aliphatic carbocycles. The van der Waals surface area contributed by atoms with Gasteiger partial charge in [0, 0.05) is 13.2 Å². The molecule has 1 atom stereocenters. The van der Waals surface area contributed by atoms with Gasteiger partial charge in [-0.3, -0.25) is 9.48 Å². The molecule has 0 aliphatic rings. The van der Waals surface area contributed by atoms with Crippen molar-refractivity contribution in [2.75, 3.05) is 0 Å². The molecule has 1 aromatic heterocycles. The molecule has 0 saturated carbocycles. The Morgan fingerprint density at radius 2 is 2.38 bits per heavy atom. The minimum Gasteiger partial charge on any atom is -0.391 e. The average Bonchev–Trinajstić information content (AvgIpc) is 2.64. The fourth-order valence-corrected chi connectivity index (χ4v) is 1.38. The van der Waals surface area contributed by atoms with E-state index in [1.807, 2.05) is 13.8 Å². The minimum absolute atomic E-state index is 0.217. The van der Waals surface area contributed by atoms with Crippen LogP contribution in [-0.2, 0) is 7.05 Å². The zero-order valence-corrected chi connectivity index (χ0v) is 10.5. The van der Waals surface area contributed by atoms with E-state index in [1.54, 1.807) is 17.9 Å². The molecule has 1 rings (SSSR count). The van der Waals surface area contributed by atoms with Crippen molar-refractivity contribution in [1.29, 1.82) is 0 Å². The molecule has 0 saturated heterocycles. The average molecular weight is 240 g/mol. The molecule has 1 amide bonds. The summed E-state index contributed by atoms with van der Waals surface area (Å²) in [6.45, 7) is 3.73. The van der Waals surface area contributed by atoms with E-state index in [1.165, 1.54) is 6.20 Å². The fourth-order valence-electron chi connectivity index (χ4n) is 1.19. The SMILES string of the molecule is CCC(C)(NC(=O)c1cnn(C)c1)C(N)=S. The predicted molar refractivity (Wildman–Crippen MR) is 66.2 cm³/mol. The molecule has 0 aromatic carbocycles. The first-order chi connectivity index (χ1) is 7.39. The highest BCUT2D eigenvalue weighted by Crippen LogP contribution is 2.11. The number of aryl methyl sites for hydroxylation is 1. The van der Waals surface area contributed by atoms with Crippen molar-refractivity contribution in [1.82, 2.24) is 15.1 Å². The Labute approximate surface area is 100 Å². The van der Waals surface area contributed by atoms with Crippen LogP contribution in [0.25, 0.3) is 0 Å². The molecule has 88 valence electrons. The summed E-state index contributed by atoms with van der Waals surface area (Å²) in [4.78, 5) is 12.1. The largest absolute Gasteiger partial charge is 0.391 e. The van der Waals surface area contributed by atoms with Gasteiger partial charge in [0.05, 0.1) is 22.3 Å². The molecule has 0 bridgehead atoms. The molecule has 3 N–H and O–H groups in total. The Kier molecular flexibility index (Phi) is 3.64. The first-order valence-corrected chi connectivity index (χ1v) is 5.41. The van der Waals surface area contributed by atoms with Crippen LogP contribution in [0.3, 0.4) is 0 Å². The van der Waals surface area contributed by atoms with E-state index in [2.05, 4.69) is 10.4 Å². The van der Waals surface area contributed by atoms with Gasteiger partial charge in [0.1, 0.15) is 0 Å². The maximum atomic E-state index is 11.9. The van der Waals surface area contributed by atoms with Crippen LogP contribution < -0.4 is 11.1 Å². The van der Waals surface area contributed by atoms with E-state index >= 15 is 0 Å². The number of hydrogen-bond acceptors (Lipinski definition) is 3. The number of amides is 1. The van der Waals surface area contributed by atoms with E-state index in [9.17, 15) is 4.79 Å². The Balaban J connectivity index is 2.81. The molecular weight excluding hydrogens is 224 g/mol. The Hall–Kier alpha value is -1.43. The van der Waals surface area contributed by atoms with Gasteiger partial charge in [-0.05, 0) is 13.3 Å². The summed E-state index contributed by atoms with van der Waals surface area (Å²) in [5, 5.41) is 6.74. The summed E-state index contributed by atoms with van der Waals surface area (Å²) < 4.78 is 1.57. The second-order valence-corrected chi connectivity index (χ2v) is 4.35. The zero-order chi connectivity index (χ0) is 12.3. The van der Waals surface area contributed by atoms with E-state index in [4.69, 9.17) is 18.0 Å². The number of nitrogens with one attached hydrogen (secondary N) is 1. The van der Waals surface area contributed by atoms with Crippen molar-refractivity contribution in [3.8, 4) is 0 Å². The van der Waals surface area contributed by atoms with Gasteiger partial charge in [-0.25, -0.2) is 0 Å². The van der Waals surface area contributed by atoms with Crippen LogP contribution in [0.1, 0.15) is 30.6 Å². The number of rotatable bonds is 4. The van der Waals surface area contributed by atoms with Crippen LogP contribution in [0, 0.1) is 0 Å². The van der Waals surface area contributed by atoms with Gasteiger partial charge < -0.3 is 11.1 Å². The quantitative estimate of drug-likeness (QED) is 0.756. The molecular formula is C10H16N4OS. The summed E-state index contributed by atoms with van der Waals surface area (Å²) in [6, 6.07) is 0. The van der Waals surface area contributed by atoms with E-state index in [0.29, 0.717) is 12.0 Å². The molecule has 0 radical (unpaired) electrons. The molecule has 1 aromatic rings. The number of thiocarbonyl (C=S) groups is 1. The third-order valence-corrected chi connectivity index (χ3v) is 3.06. The van der Waals surface area contributed by atoms with Gasteiger partial charge in [0.25, 0.3) is 5.91 Å².